The summed E-state index contributed by atoms with van der Waals surface area (Å²) in [5.41, 5.74) is 3.82. The Hall–Kier alpha value is -3.59. The van der Waals surface area contributed by atoms with Gasteiger partial charge in [0.25, 0.3) is 5.91 Å². The summed E-state index contributed by atoms with van der Waals surface area (Å²) in [5, 5.41) is 10.8. The predicted octanol–water partition coefficient (Wildman–Crippen LogP) is 4.98. The molecule has 3 heterocycles. The number of benzene rings is 3. The zero-order chi connectivity index (χ0) is 26.1. The first-order chi connectivity index (χ1) is 18.5. The average molecular weight is 570 g/mol. The summed E-state index contributed by atoms with van der Waals surface area (Å²) in [6.45, 7) is 5.60. The second-order valence-electron chi connectivity index (χ2n) is 9.79. The lowest BCUT2D eigenvalue weighted by Crippen LogP contribution is -2.46. The second-order valence-corrected chi connectivity index (χ2v) is 10.7. The van der Waals surface area contributed by atoms with Gasteiger partial charge < -0.3 is 10.2 Å². The highest BCUT2D eigenvalue weighted by molar-refractivity contribution is 9.10. The van der Waals surface area contributed by atoms with E-state index in [0.29, 0.717) is 17.8 Å². The van der Waals surface area contributed by atoms with Crippen molar-refractivity contribution in [3.05, 3.63) is 89.0 Å². The number of nitrogens with one attached hydrogen (secondary N) is 1. The molecule has 0 bridgehead atoms. The van der Waals surface area contributed by atoms with Crippen LogP contribution in [-0.4, -0.2) is 76.8 Å². The molecule has 5 aromatic rings. The highest BCUT2D eigenvalue weighted by Crippen LogP contribution is 2.29. The monoisotopic (exact) mass is 568 g/mol. The second kappa shape index (κ2) is 10.6. The number of rotatable bonds is 6. The Morgan fingerprint density at radius 3 is 2.50 bits per heavy atom. The van der Waals surface area contributed by atoms with E-state index in [1.807, 2.05) is 42.5 Å². The van der Waals surface area contributed by atoms with E-state index in [9.17, 15) is 4.79 Å². The van der Waals surface area contributed by atoms with E-state index < -0.39 is 0 Å². The van der Waals surface area contributed by atoms with Crippen molar-refractivity contribution < 1.29 is 4.79 Å². The molecule has 38 heavy (non-hydrogen) atoms. The maximum absolute atomic E-state index is 13.5. The molecule has 0 unspecified atom stereocenters. The molecule has 0 radical (unpaired) electrons. The summed E-state index contributed by atoms with van der Waals surface area (Å²) >= 11 is 3.50. The summed E-state index contributed by atoms with van der Waals surface area (Å²) in [6.07, 6.45) is 1.74. The molecule has 1 aliphatic rings. The van der Waals surface area contributed by atoms with Crippen molar-refractivity contribution in [2.24, 2.45) is 0 Å². The van der Waals surface area contributed by atoms with Gasteiger partial charge in [0.15, 0.2) is 5.65 Å². The number of carbonyl (C=O) groups is 1. The molecule has 1 saturated heterocycles. The van der Waals surface area contributed by atoms with Crippen LogP contribution in [0.3, 0.4) is 0 Å². The third-order valence-corrected chi connectivity index (χ3v) is 7.74. The Morgan fingerprint density at radius 1 is 0.947 bits per heavy atom. The molecular formula is C30H29BrN6O. The molecule has 7 nitrogen and oxygen atoms in total. The van der Waals surface area contributed by atoms with E-state index in [4.69, 9.17) is 4.98 Å². The van der Waals surface area contributed by atoms with Crippen LogP contribution in [0.5, 0.6) is 0 Å². The molecule has 0 spiro atoms. The number of hydrogen-bond donors (Lipinski definition) is 1. The number of hydrogen-bond acceptors (Lipinski definition) is 5. The fourth-order valence-electron chi connectivity index (χ4n) is 4.95. The molecular weight excluding hydrogens is 540 g/mol. The topological polar surface area (TPSA) is 66.3 Å². The van der Waals surface area contributed by atoms with Gasteiger partial charge in [0.05, 0.1) is 28.5 Å². The number of aromatic nitrogens is 3. The van der Waals surface area contributed by atoms with Crippen LogP contribution in [0.4, 0.5) is 0 Å². The molecule has 2 aromatic heterocycles. The fraction of sp³-hybridized carbons (Fsp3) is 0.233. The number of nitrogens with zero attached hydrogens (tertiary/aromatic N) is 5. The molecule has 1 aliphatic heterocycles. The quantitative estimate of drug-likeness (QED) is 0.313. The van der Waals surface area contributed by atoms with Crippen molar-refractivity contribution in [2.75, 3.05) is 46.3 Å². The van der Waals surface area contributed by atoms with E-state index in [1.165, 1.54) is 5.39 Å². The molecule has 8 heteroatoms. The van der Waals surface area contributed by atoms with Crippen molar-refractivity contribution >= 4 is 43.6 Å². The van der Waals surface area contributed by atoms with E-state index in [-0.39, 0.29) is 5.91 Å². The van der Waals surface area contributed by atoms with Crippen molar-refractivity contribution in [1.82, 2.24) is 29.9 Å². The Bertz CT molecular complexity index is 1610. The van der Waals surface area contributed by atoms with Gasteiger partial charge in [-0.2, -0.15) is 5.10 Å². The molecule has 0 aliphatic carbocycles. The van der Waals surface area contributed by atoms with E-state index in [0.717, 1.165) is 64.9 Å². The van der Waals surface area contributed by atoms with Crippen LogP contribution in [0.1, 0.15) is 10.4 Å². The highest BCUT2D eigenvalue weighted by atomic mass is 79.9. The zero-order valence-electron chi connectivity index (χ0n) is 21.3. The number of amides is 1. The van der Waals surface area contributed by atoms with Crippen molar-refractivity contribution in [1.29, 1.82) is 0 Å². The van der Waals surface area contributed by atoms with Gasteiger partial charge in [-0.25, -0.2) is 9.67 Å². The molecule has 0 atom stereocenters. The first-order valence-corrected chi connectivity index (χ1v) is 13.7. The summed E-state index contributed by atoms with van der Waals surface area (Å²) in [7, 11) is 2.15. The third-order valence-electron chi connectivity index (χ3n) is 7.21. The van der Waals surface area contributed by atoms with Crippen LogP contribution >= 0.6 is 15.9 Å². The van der Waals surface area contributed by atoms with Gasteiger partial charge in [-0.1, -0.05) is 52.3 Å². The number of pyridine rings is 1. The number of carbonyl (C=O) groups excluding carboxylic acids is 1. The molecule has 192 valence electrons. The number of fused-ring (bicyclic) bond motifs is 2. The molecule has 1 N–H and O–H groups in total. The number of halogens is 1. The minimum absolute atomic E-state index is 0.107. The third kappa shape index (κ3) is 5.07. The van der Waals surface area contributed by atoms with Crippen LogP contribution < -0.4 is 5.32 Å². The van der Waals surface area contributed by atoms with Gasteiger partial charge >= 0.3 is 0 Å². The average Bonchev–Trinajstić information content (AvgIpc) is 3.38. The van der Waals surface area contributed by atoms with Gasteiger partial charge in [-0.3, -0.25) is 9.69 Å². The maximum Gasteiger partial charge on any atom is 0.252 e. The molecule has 1 fully saturated rings. The van der Waals surface area contributed by atoms with Gasteiger partial charge in [0, 0.05) is 49.3 Å². The van der Waals surface area contributed by atoms with Crippen LogP contribution in [0.25, 0.3) is 38.8 Å². The molecule has 6 rings (SSSR count). The smallest absolute Gasteiger partial charge is 0.252 e. The van der Waals surface area contributed by atoms with Crippen molar-refractivity contribution in [3.8, 4) is 16.9 Å². The number of piperazine rings is 1. The van der Waals surface area contributed by atoms with E-state index >= 15 is 0 Å². The first kappa shape index (κ1) is 24.7. The summed E-state index contributed by atoms with van der Waals surface area (Å²) < 4.78 is 2.79. The SMILES string of the molecule is CN1CCN(CCNC(=O)c2cc(-c3ccc4ccccc4c3)nc3c2cnn3-c2ccc(Br)cc2)CC1. The Balaban J connectivity index is 1.37. The van der Waals surface area contributed by atoms with Crippen LogP contribution in [0.15, 0.2) is 83.5 Å². The standard InChI is InChI=1S/C30H29BrN6O/c1-35-14-16-36(17-15-35)13-12-32-30(38)26-19-28(23-7-6-21-4-2-3-5-22(21)18-23)34-29-27(26)20-33-37(29)25-10-8-24(31)9-11-25/h2-11,18-20H,12-17H2,1H3,(H,32,38). The van der Waals surface area contributed by atoms with E-state index in [2.05, 4.69) is 73.5 Å². The normalized spacial score (nSPS) is 14.8. The lowest BCUT2D eigenvalue weighted by atomic mass is 10.0. The van der Waals surface area contributed by atoms with Gasteiger partial charge in [-0.05, 0) is 54.2 Å². The Labute approximate surface area is 230 Å². The Morgan fingerprint density at radius 2 is 1.71 bits per heavy atom. The lowest BCUT2D eigenvalue weighted by Gasteiger charge is -2.32. The van der Waals surface area contributed by atoms with Gasteiger partial charge in [0.1, 0.15) is 0 Å². The summed E-state index contributed by atoms with van der Waals surface area (Å²) in [4.78, 5) is 23.3. The minimum atomic E-state index is -0.107. The lowest BCUT2D eigenvalue weighted by molar-refractivity contribution is 0.0942. The summed E-state index contributed by atoms with van der Waals surface area (Å²) in [6, 6.07) is 24.3. The van der Waals surface area contributed by atoms with Crippen LogP contribution in [0.2, 0.25) is 0 Å². The van der Waals surface area contributed by atoms with Crippen molar-refractivity contribution in [3.63, 3.8) is 0 Å². The highest BCUT2D eigenvalue weighted by Gasteiger charge is 2.19. The largest absolute Gasteiger partial charge is 0.351 e. The van der Waals surface area contributed by atoms with Crippen LogP contribution in [0, 0.1) is 0 Å². The maximum atomic E-state index is 13.5. The minimum Gasteiger partial charge on any atom is -0.351 e. The molecule has 0 saturated carbocycles. The molecule has 3 aromatic carbocycles. The summed E-state index contributed by atoms with van der Waals surface area (Å²) in [5.74, 6) is -0.107. The molecule has 1 amide bonds. The predicted molar refractivity (Wildman–Crippen MR) is 156 cm³/mol. The first-order valence-electron chi connectivity index (χ1n) is 12.9. The van der Waals surface area contributed by atoms with E-state index in [1.54, 1.807) is 10.9 Å². The van der Waals surface area contributed by atoms with Gasteiger partial charge in [0.2, 0.25) is 0 Å². The van der Waals surface area contributed by atoms with Gasteiger partial charge in [-0.15, -0.1) is 0 Å². The van der Waals surface area contributed by atoms with Crippen molar-refractivity contribution in [2.45, 2.75) is 0 Å². The zero-order valence-corrected chi connectivity index (χ0v) is 22.9. The number of likely N-dealkylation sites (N-methyl/N-ethyl adjacent to an activating group) is 1. The van der Waals surface area contributed by atoms with Crippen LogP contribution in [-0.2, 0) is 0 Å². The Kier molecular flexibility index (Phi) is 6.93. The fourth-order valence-corrected chi connectivity index (χ4v) is 5.21.